The molecule has 16 aromatic rings. The molecule has 4 saturated carbocycles. The van der Waals surface area contributed by atoms with Crippen molar-refractivity contribution in [3.05, 3.63) is 234 Å². The van der Waals surface area contributed by atoms with Gasteiger partial charge in [-0.15, -0.1) is 0 Å². The van der Waals surface area contributed by atoms with Crippen molar-refractivity contribution in [3.63, 3.8) is 0 Å². The molecular weight excluding hydrogens is 1970 g/mol. The van der Waals surface area contributed by atoms with Crippen LogP contribution in [-0.2, 0) is 0 Å². The van der Waals surface area contributed by atoms with Crippen LogP contribution >= 0.6 is 75.3 Å². The zero-order valence-electron chi connectivity index (χ0n) is 71.8. The first-order chi connectivity index (χ1) is 63.4. The predicted molar refractivity (Wildman–Crippen MR) is 525 cm³/mol. The van der Waals surface area contributed by atoms with Crippen LogP contribution in [0.25, 0.3) is 87.7 Å². The molecule has 4 saturated heterocycles. The van der Waals surface area contributed by atoms with Crippen molar-refractivity contribution < 1.29 is 40.9 Å². The summed E-state index contributed by atoms with van der Waals surface area (Å²) in [6, 6.07) is 39.6. The number of aryl methyl sites for hydroxylation is 3. The number of rotatable bonds is 8. The molecule has 16 heterocycles. The van der Waals surface area contributed by atoms with Crippen LogP contribution in [0.2, 0.25) is 5.15 Å². The third kappa shape index (κ3) is 15.7. The maximum Gasteiger partial charge on any atom is 0.145 e. The average Bonchev–Trinajstić information content (AvgIpc) is 1.59. The van der Waals surface area contributed by atoms with Gasteiger partial charge in [0, 0.05) is 134 Å². The van der Waals surface area contributed by atoms with Crippen LogP contribution in [0.15, 0.2) is 189 Å². The fourth-order valence-electron chi connectivity index (χ4n) is 22.8. The lowest BCUT2D eigenvalue weighted by Crippen LogP contribution is -2.38. The zero-order chi connectivity index (χ0) is 91.6. The molecule has 20 atom stereocenters. The van der Waals surface area contributed by atoms with E-state index in [9.17, 15) is 40.9 Å². The largest absolute Gasteiger partial charge is 0.390 e. The molecule has 0 radical (unpaired) electrons. The maximum absolute atomic E-state index is 11.2. The molecule has 8 fully saturated rings. The molecule has 12 aromatic heterocycles. The number of anilines is 4. The average molecular weight is 2070 g/mol. The van der Waals surface area contributed by atoms with Crippen LogP contribution in [-0.4, -0.2) is 194 Å². The van der Waals surface area contributed by atoms with Crippen LogP contribution < -0.4 is 44.2 Å². The second-order valence-electron chi connectivity index (χ2n) is 37.4. The van der Waals surface area contributed by atoms with E-state index in [1.807, 2.05) is 143 Å². The summed E-state index contributed by atoms with van der Waals surface area (Å²) in [7, 11) is 0. The van der Waals surface area contributed by atoms with Crippen LogP contribution in [0, 0.1) is 42.4 Å². The molecular formula is C96H101Br4ClN24O8. The molecule has 0 unspecified atom stereocenters. The normalized spacial score (nSPS) is 29.4. The van der Waals surface area contributed by atoms with Crippen molar-refractivity contribution in [1.82, 2.24) is 99.3 Å². The van der Waals surface area contributed by atoms with E-state index in [1.165, 1.54) is 6.33 Å². The van der Waals surface area contributed by atoms with Crippen molar-refractivity contribution in [2.24, 2.45) is 21.7 Å². The van der Waals surface area contributed by atoms with Gasteiger partial charge in [-0.25, -0.2) is 59.8 Å². The molecule has 0 bridgehead atoms. The van der Waals surface area contributed by atoms with Gasteiger partial charge in [0.1, 0.15) is 101 Å². The standard InChI is InChI=1S/3C24H25BrN6O2.C23H22BrClN6O2.CH4/c3*1-12-15-4-5-31(23(15)29-11-28-12)19-9-24(21(33)20(19)32)8-18(27-10-24)14-3-2-13-6-16(25)22(26)30-17(13)7-14;24-14-5-11-1-2-12(6-15(11)30-21(14)26)16-7-23(9-27-16)8-17(18(32)19(23)33)31-4-3-13-20(25)28-10-29-22(13)31;/h3*2-7,11,18-21,27,32-33H,8-10H2,1H3,(H2,26,30);1-6,10,16-19,27,32-33H,7-9H2,(H2,26,30);1H4/t2*18-,19+,20-,21-,24-;18-,19-,20+,21+,24+;16-,17-,18+,19+,23+;/m0011./s1. The van der Waals surface area contributed by atoms with E-state index in [2.05, 4.69) is 187 Å². The minimum absolute atomic E-state index is 0. The first kappa shape index (κ1) is 90.7. The molecule has 24 rings (SSSR count). The van der Waals surface area contributed by atoms with Gasteiger partial charge in [0.25, 0.3) is 0 Å². The lowest BCUT2D eigenvalue weighted by atomic mass is 9.80. The van der Waals surface area contributed by atoms with Crippen LogP contribution in [0.3, 0.4) is 0 Å². The summed E-state index contributed by atoms with van der Waals surface area (Å²) in [6.07, 6.45) is 12.4. The zero-order valence-corrected chi connectivity index (χ0v) is 78.9. The number of nitrogens with zero attached hydrogens (tertiary/aromatic N) is 16. The Bertz CT molecular complexity index is 6420. The Kier molecular flexibility index (Phi) is 23.8. The smallest absolute Gasteiger partial charge is 0.145 e. The van der Waals surface area contributed by atoms with Crippen molar-refractivity contribution >= 4 is 186 Å². The molecule has 8 aliphatic rings. The number of benzene rings is 4. The molecule has 688 valence electrons. The third-order valence-corrected chi connectivity index (χ3v) is 32.8. The SMILES string of the molecule is C.Cc1ncnc2c1ccn2[C@@H]1C[C@@]2(CN[C@@H](c3ccc4cc(Br)c(N)nc4c3)C2)[C@@H](O)[C@H]1O.Cc1ncnc2c1ccn2[C@@H]1C[C@@]2(CN[C@H](c3ccc4cc(Br)c(N)nc4c3)C2)[C@@H](O)[C@H]1O.Cc1ncnc2c1ccn2[C@@H]1C[C@@]2(CN[C@H](c3ccc4cc(Br)c(N)nc4c3)C2)[C@@H](O)[C@H]1O.Nc1nc2cc([C@H]3C[C@@]4(CN3)C[C@@H](n3ccc5c(Cl)ncnc53)[C@H](O)[C@@H]4O)ccc2cc1Br. The molecule has 4 aliphatic carbocycles. The molecule has 4 spiro atoms. The fourth-order valence-corrected chi connectivity index (χ4v) is 24.3. The number of nitrogens with two attached hydrogens (primary N) is 4. The lowest BCUT2D eigenvalue weighted by molar-refractivity contribution is -0.0218. The van der Waals surface area contributed by atoms with Crippen molar-refractivity contribution in [1.29, 1.82) is 0 Å². The van der Waals surface area contributed by atoms with Crippen molar-refractivity contribution in [3.8, 4) is 0 Å². The van der Waals surface area contributed by atoms with Gasteiger partial charge in [0.15, 0.2) is 0 Å². The number of hydrogen-bond acceptors (Lipinski definition) is 28. The Morgan fingerprint density at radius 2 is 0.556 bits per heavy atom. The molecule has 0 amide bonds. The summed E-state index contributed by atoms with van der Waals surface area (Å²) in [4.78, 5) is 52.5. The highest BCUT2D eigenvalue weighted by Crippen LogP contribution is 2.58. The Hall–Kier alpha value is -10.1. The van der Waals surface area contributed by atoms with Crippen LogP contribution in [0.4, 0.5) is 23.3 Å². The van der Waals surface area contributed by atoms with E-state index in [4.69, 9.17) is 34.5 Å². The second kappa shape index (κ2) is 34.9. The molecule has 32 nitrogen and oxygen atoms in total. The van der Waals surface area contributed by atoms with E-state index >= 15 is 0 Å². The molecule has 4 aromatic carbocycles. The number of aliphatic hydroxyl groups is 8. The molecule has 37 heteroatoms. The van der Waals surface area contributed by atoms with Crippen LogP contribution in [0.1, 0.15) is 146 Å². The third-order valence-electron chi connectivity index (χ3n) is 30.0. The van der Waals surface area contributed by atoms with Crippen molar-refractivity contribution in [2.75, 3.05) is 49.1 Å². The monoisotopic (exact) mass is 2070 g/mol. The molecule has 133 heavy (non-hydrogen) atoms. The number of fused-ring (bicyclic) bond motifs is 8. The summed E-state index contributed by atoms with van der Waals surface area (Å²) in [5, 5.41) is 111. The summed E-state index contributed by atoms with van der Waals surface area (Å²) >= 11 is 19.9. The summed E-state index contributed by atoms with van der Waals surface area (Å²) in [5.41, 5.74) is 35.7. The van der Waals surface area contributed by atoms with Gasteiger partial charge in [-0.3, -0.25) is 0 Å². The van der Waals surface area contributed by atoms with Gasteiger partial charge >= 0.3 is 0 Å². The second-order valence-corrected chi connectivity index (χ2v) is 41.2. The first-order valence-corrected chi connectivity index (χ1v) is 47.6. The number of nitrogen functional groups attached to an aromatic ring is 4. The highest BCUT2D eigenvalue weighted by atomic mass is 79.9. The quantitative estimate of drug-likeness (QED) is 0.0628. The highest BCUT2D eigenvalue weighted by Gasteiger charge is 2.61. The van der Waals surface area contributed by atoms with Gasteiger partial charge in [0.05, 0.1) is 111 Å². The van der Waals surface area contributed by atoms with E-state index in [0.717, 1.165) is 159 Å². The van der Waals surface area contributed by atoms with Gasteiger partial charge < -0.3 is 103 Å². The number of hydrogen-bond donors (Lipinski definition) is 16. The summed E-state index contributed by atoms with van der Waals surface area (Å²) in [6.45, 7) is 8.36. The van der Waals surface area contributed by atoms with E-state index in [0.29, 0.717) is 92.4 Å². The van der Waals surface area contributed by atoms with Gasteiger partial charge in [-0.05, 0) is 231 Å². The first-order valence-electron chi connectivity index (χ1n) is 44.1. The number of halogens is 5. The lowest BCUT2D eigenvalue weighted by Gasteiger charge is -2.27. The Labute approximate surface area is 801 Å². The van der Waals surface area contributed by atoms with E-state index < -0.39 is 70.5 Å². The number of aliphatic hydroxyl groups excluding tert-OH is 8. The molecule has 4 aliphatic heterocycles. The van der Waals surface area contributed by atoms with E-state index in [1.54, 1.807) is 19.0 Å². The van der Waals surface area contributed by atoms with Crippen molar-refractivity contribution in [2.45, 2.75) is 177 Å². The number of aromatic nitrogens is 16. The number of pyridine rings is 4. The van der Waals surface area contributed by atoms with Crippen LogP contribution in [0.5, 0.6) is 0 Å². The number of nitrogens with one attached hydrogen (secondary N) is 4. The highest BCUT2D eigenvalue weighted by molar-refractivity contribution is 9.11. The Balaban J connectivity index is 0.000000110. The Morgan fingerprint density at radius 3 is 0.812 bits per heavy atom. The molecule has 20 N–H and O–H groups in total. The van der Waals surface area contributed by atoms with Gasteiger partial charge in [0.2, 0.25) is 0 Å². The summed E-state index contributed by atoms with van der Waals surface area (Å²) < 4.78 is 11.0. The topological polar surface area (TPSA) is 488 Å². The fraction of sp³-hybridized carbons (Fsp3) is 0.375. The predicted octanol–water partition coefficient (Wildman–Crippen LogP) is 13.1. The van der Waals surface area contributed by atoms with Gasteiger partial charge in [-0.1, -0.05) is 67.6 Å². The minimum atomic E-state index is -0.912. The van der Waals surface area contributed by atoms with Gasteiger partial charge in [-0.2, -0.15) is 0 Å². The minimum Gasteiger partial charge on any atom is -0.390 e. The Morgan fingerprint density at radius 1 is 0.323 bits per heavy atom. The summed E-state index contributed by atoms with van der Waals surface area (Å²) in [5.74, 6) is 1.84. The van der Waals surface area contributed by atoms with E-state index in [-0.39, 0.29) is 55.8 Å². The maximum atomic E-state index is 11.2.